The molecule has 4 N–H and O–H groups in total. The lowest BCUT2D eigenvalue weighted by Crippen LogP contribution is -2.20. The van der Waals surface area contributed by atoms with Crippen LogP contribution in [0.25, 0.3) is 0 Å². The van der Waals surface area contributed by atoms with Gasteiger partial charge in [-0.25, -0.2) is 4.79 Å². The van der Waals surface area contributed by atoms with Gasteiger partial charge in [0.05, 0.1) is 17.2 Å². The number of amides is 1. The average Bonchev–Trinajstić information content (AvgIpc) is 2.49. The fourth-order valence-corrected chi connectivity index (χ4v) is 1.98. The Morgan fingerprint density at radius 3 is 2.36 bits per heavy atom. The number of hydrogen-bond donors (Lipinski definition) is 4. The van der Waals surface area contributed by atoms with E-state index in [2.05, 4.69) is 5.32 Å². The summed E-state index contributed by atoms with van der Waals surface area (Å²) < 4.78 is 0. The first kappa shape index (κ1) is 15.4. The first-order valence-electron chi connectivity index (χ1n) is 6.55. The minimum atomic E-state index is -1.13. The Bertz CT molecular complexity index is 726. The number of aromatic carboxylic acids is 1. The maximum Gasteiger partial charge on any atom is 0.337 e. The number of nitrogens with one attached hydrogen (secondary N) is 1. The van der Waals surface area contributed by atoms with Gasteiger partial charge in [-0.1, -0.05) is 18.2 Å². The number of phenolic OH excluding ortho intramolecular Hbond substituents is 2. The predicted molar refractivity (Wildman–Crippen MR) is 80.2 cm³/mol. The van der Waals surface area contributed by atoms with Crippen LogP contribution >= 0.6 is 0 Å². The molecule has 6 heteroatoms. The number of carboxylic acid groups (broad SMARTS) is 1. The summed E-state index contributed by atoms with van der Waals surface area (Å²) in [5.74, 6) is -2.77. The molecular weight excluding hydrogens is 286 g/mol. The van der Waals surface area contributed by atoms with Crippen molar-refractivity contribution in [2.24, 2.45) is 0 Å². The Kier molecular flexibility index (Phi) is 4.31. The highest BCUT2D eigenvalue weighted by molar-refractivity contribution is 6.02. The van der Waals surface area contributed by atoms with E-state index < -0.39 is 17.8 Å². The number of benzene rings is 2. The van der Waals surface area contributed by atoms with Gasteiger partial charge in [0.25, 0.3) is 0 Å². The molecule has 114 valence electrons. The Morgan fingerprint density at radius 1 is 1.05 bits per heavy atom. The molecule has 0 fully saturated rings. The highest BCUT2D eigenvalue weighted by atomic mass is 16.4. The van der Waals surface area contributed by atoms with Crippen molar-refractivity contribution in [3.05, 3.63) is 53.6 Å². The van der Waals surface area contributed by atoms with E-state index in [1.54, 1.807) is 19.1 Å². The van der Waals surface area contributed by atoms with Crippen LogP contribution in [0.2, 0.25) is 0 Å². The van der Waals surface area contributed by atoms with E-state index in [9.17, 15) is 19.8 Å². The molecule has 0 aliphatic rings. The summed E-state index contributed by atoms with van der Waals surface area (Å²) in [5.41, 5.74) is 0.701. The van der Waals surface area contributed by atoms with E-state index >= 15 is 0 Å². The number of aromatic hydroxyl groups is 2. The third-order valence-corrected chi connectivity index (χ3v) is 3.31. The van der Waals surface area contributed by atoms with Crippen molar-refractivity contribution in [3.63, 3.8) is 0 Å². The minimum Gasteiger partial charge on any atom is -0.504 e. The largest absolute Gasteiger partial charge is 0.504 e. The van der Waals surface area contributed by atoms with Gasteiger partial charge in [0, 0.05) is 0 Å². The first-order chi connectivity index (χ1) is 10.4. The van der Waals surface area contributed by atoms with Gasteiger partial charge in [-0.2, -0.15) is 0 Å². The molecule has 1 unspecified atom stereocenters. The summed E-state index contributed by atoms with van der Waals surface area (Å²) in [4.78, 5) is 23.3. The SMILES string of the molecule is CC(C(=O)Nc1ccccc1C(=O)O)c1ccc(O)c(O)c1. The molecule has 0 saturated carbocycles. The number of carbonyl (C=O) groups is 2. The Labute approximate surface area is 126 Å². The van der Waals surface area contributed by atoms with Gasteiger partial charge < -0.3 is 20.6 Å². The molecule has 0 radical (unpaired) electrons. The third-order valence-electron chi connectivity index (χ3n) is 3.31. The molecule has 2 aromatic rings. The van der Waals surface area contributed by atoms with Crippen LogP contribution in [0.3, 0.4) is 0 Å². The van der Waals surface area contributed by atoms with Gasteiger partial charge in [0.15, 0.2) is 11.5 Å². The van der Waals surface area contributed by atoms with Gasteiger partial charge in [-0.3, -0.25) is 4.79 Å². The van der Waals surface area contributed by atoms with Gasteiger partial charge in [0.1, 0.15) is 0 Å². The van der Waals surface area contributed by atoms with Crippen molar-refractivity contribution >= 4 is 17.6 Å². The normalized spacial score (nSPS) is 11.7. The van der Waals surface area contributed by atoms with E-state index in [1.165, 1.54) is 30.3 Å². The number of rotatable bonds is 4. The molecule has 0 bridgehead atoms. The molecule has 1 atom stereocenters. The highest BCUT2D eigenvalue weighted by Crippen LogP contribution is 2.29. The Morgan fingerprint density at radius 2 is 1.73 bits per heavy atom. The average molecular weight is 301 g/mol. The second-order valence-corrected chi connectivity index (χ2v) is 4.81. The van der Waals surface area contributed by atoms with E-state index in [0.717, 1.165) is 0 Å². The van der Waals surface area contributed by atoms with Crippen molar-refractivity contribution < 1.29 is 24.9 Å². The van der Waals surface area contributed by atoms with E-state index in [1.807, 2.05) is 0 Å². The fraction of sp³-hybridized carbons (Fsp3) is 0.125. The summed E-state index contributed by atoms with van der Waals surface area (Å²) >= 11 is 0. The minimum absolute atomic E-state index is 0.00315. The number of anilines is 1. The molecule has 1 amide bonds. The molecule has 0 aromatic heterocycles. The predicted octanol–water partition coefficient (Wildman–Crippen LogP) is 2.54. The molecule has 0 spiro atoms. The molecule has 6 nitrogen and oxygen atoms in total. The maximum atomic E-state index is 12.2. The number of carboxylic acids is 1. The van der Waals surface area contributed by atoms with Crippen LogP contribution in [0.15, 0.2) is 42.5 Å². The van der Waals surface area contributed by atoms with Crippen LogP contribution in [0, 0.1) is 0 Å². The van der Waals surface area contributed by atoms with Crippen molar-refractivity contribution in [1.29, 1.82) is 0 Å². The van der Waals surface area contributed by atoms with Crippen LogP contribution in [-0.2, 0) is 4.79 Å². The zero-order valence-corrected chi connectivity index (χ0v) is 11.8. The van der Waals surface area contributed by atoms with Crippen LogP contribution in [0.1, 0.15) is 28.8 Å². The van der Waals surface area contributed by atoms with E-state index in [-0.39, 0.29) is 22.7 Å². The second kappa shape index (κ2) is 6.17. The standard InChI is InChI=1S/C16H15NO5/c1-9(10-6-7-13(18)14(19)8-10)15(20)17-12-5-3-2-4-11(12)16(21)22/h2-9,18-19H,1H3,(H,17,20)(H,21,22). The number of phenols is 2. The molecule has 0 heterocycles. The quantitative estimate of drug-likeness (QED) is 0.649. The van der Waals surface area contributed by atoms with Crippen molar-refractivity contribution in [2.45, 2.75) is 12.8 Å². The lowest BCUT2D eigenvalue weighted by Gasteiger charge is -2.14. The lowest BCUT2D eigenvalue weighted by atomic mass is 9.99. The topological polar surface area (TPSA) is 107 Å². The summed E-state index contributed by atoms with van der Waals surface area (Å²) in [5, 5.41) is 30.4. The van der Waals surface area contributed by atoms with Crippen LogP contribution < -0.4 is 5.32 Å². The monoisotopic (exact) mass is 301 g/mol. The third kappa shape index (κ3) is 3.17. The van der Waals surface area contributed by atoms with Crippen LogP contribution in [-0.4, -0.2) is 27.2 Å². The van der Waals surface area contributed by atoms with Crippen molar-refractivity contribution in [1.82, 2.24) is 0 Å². The summed E-state index contributed by atoms with van der Waals surface area (Å²) in [6, 6.07) is 10.2. The van der Waals surface area contributed by atoms with Gasteiger partial charge in [-0.05, 0) is 36.8 Å². The summed E-state index contributed by atoms with van der Waals surface area (Å²) in [6.07, 6.45) is 0. The van der Waals surface area contributed by atoms with Gasteiger partial charge in [-0.15, -0.1) is 0 Å². The van der Waals surface area contributed by atoms with Crippen LogP contribution in [0.5, 0.6) is 11.5 Å². The zero-order chi connectivity index (χ0) is 16.3. The molecule has 0 aliphatic carbocycles. The molecule has 2 aromatic carbocycles. The fourth-order valence-electron chi connectivity index (χ4n) is 1.98. The van der Waals surface area contributed by atoms with Gasteiger partial charge >= 0.3 is 5.97 Å². The second-order valence-electron chi connectivity index (χ2n) is 4.81. The zero-order valence-electron chi connectivity index (χ0n) is 11.8. The number of hydrogen-bond acceptors (Lipinski definition) is 4. The van der Waals surface area contributed by atoms with Gasteiger partial charge in [0.2, 0.25) is 5.91 Å². The molecule has 0 aliphatic heterocycles. The molecule has 0 saturated heterocycles. The van der Waals surface area contributed by atoms with E-state index in [4.69, 9.17) is 5.11 Å². The smallest absolute Gasteiger partial charge is 0.337 e. The Hall–Kier alpha value is -3.02. The molecular formula is C16H15NO5. The summed E-state index contributed by atoms with van der Waals surface area (Å²) in [6.45, 7) is 1.62. The lowest BCUT2D eigenvalue weighted by molar-refractivity contribution is -0.117. The first-order valence-corrected chi connectivity index (χ1v) is 6.55. The van der Waals surface area contributed by atoms with Crippen LogP contribution in [0.4, 0.5) is 5.69 Å². The van der Waals surface area contributed by atoms with Crippen molar-refractivity contribution in [3.8, 4) is 11.5 Å². The number of para-hydroxylation sites is 1. The Balaban J connectivity index is 2.22. The maximum absolute atomic E-state index is 12.2. The number of carbonyl (C=O) groups excluding carboxylic acids is 1. The van der Waals surface area contributed by atoms with Crippen molar-refractivity contribution in [2.75, 3.05) is 5.32 Å². The molecule has 2 rings (SSSR count). The summed E-state index contributed by atoms with van der Waals surface area (Å²) in [7, 11) is 0. The highest BCUT2D eigenvalue weighted by Gasteiger charge is 2.19. The molecule has 22 heavy (non-hydrogen) atoms. The van der Waals surface area contributed by atoms with E-state index in [0.29, 0.717) is 5.56 Å².